The van der Waals surface area contributed by atoms with Crippen molar-refractivity contribution in [3.05, 3.63) is 11.9 Å². The van der Waals surface area contributed by atoms with E-state index in [1.54, 1.807) is 0 Å². The van der Waals surface area contributed by atoms with Crippen molar-refractivity contribution >= 4 is 5.91 Å². The van der Waals surface area contributed by atoms with Crippen LogP contribution in [0.3, 0.4) is 0 Å². The summed E-state index contributed by atoms with van der Waals surface area (Å²) in [6.07, 6.45) is -4.07. The zero-order valence-electron chi connectivity index (χ0n) is 9.74. The summed E-state index contributed by atoms with van der Waals surface area (Å²) in [5.74, 6) is -0.685. The fraction of sp³-hybridized carbons (Fsp3) is 0.667. The summed E-state index contributed by atoms with van der Waals surface area (Å²) < 4.78 is 37.5. The second kappa shape index (κ2) is 5.80. The van der Waals surface area contributed by atoms with E-state index in [2.05, 4.69) is 15.6 Å². The molecule has 3 N–H and O–H groups in total. The molecule has 0 aliphatic rings. The van der Waals surface area contributed by atoms with Gasteiger partial charge in [0.25, 0.3) is 5.91 Å². The SMILES string of the molecule is CC(CC(F)(F)F)NC(=O)c1cn(CCN)nn1. The summed E-state index contributed by atoms with van der Waals surface area (Å²) >= 11 is 0. The van der Waals surface area contributed by atoms with Crippen molar-refractivity contribution in [2.75, 3.05) is 6.54 Å². The summed E-state index contributed by atoms with van der Waals surface area (Å²) in [7, 11) is 0. The first-order valence-electron chi connectivity index (χ1n) is 5.29. The average Bonchev–Trinajstić information content (AvgIpc) is 2.63. The number of hydrogen-bond acceptors (Lipinski definition) is 4. The molecule has 0 saturated carbocycles. The normalized spacial score (nSPS) is 13.4. The van der Waals surface area contributed by atoms with Gasteiger partial charge in [-0.25, -0.2) is 0 Å². The molecular weight excluding hydrogens is 251 g/mol. The molecular formula is C9H14F3N5O. The smallest absolute Gasteiger partial charge is 0.348 e. The summed E-state index contributed by atoms with van der Waals surface area (Å²) in [4.78, 5) is 11.5. The standard InChI is InChI=1S/C9H14F3N5O/c1-6(4-9(10,11)12)14-8(18)7-5-17(3-2-13)16-15-7/h5-6H,2-4,13H2,1H3,(H,14,18). The van der Waals surface area contributed by atoms with E-state index in [0.717, 1.165) is 0 Å². The van der Waals surface area contributed by atoms with Crippen molar-refractivity contribution in [1.29, 1.82) is 0 Å². The van der Waals surface area contributed by atoms with Crippen molar-refractivity contribution in [2.45, 2.75) is 32.1 Å². The molecule has 1 aromatic heterocycles. The molecule has 1 heterocycles. The lowest BCUT2D eigenvalue weighted by Gasteiger charge is -2.14. The maximum Gasteiger partial charge on any atom is 0.391 e. The second-order valence-corrected chi connectivity index (χ2v) is 3.85. The van der Waals surface area contributed by atoms with Crippen LogP contribution in [0.15, 0.2) is 6.20 Å². The predicted molar refractivity (Wildman–Crippen MR) is 56.7 cm³/mol. The van der Waals surface area contributed by atoms with E-state index in [9.17, 15) is 18.0 Å². The van der Waals surface area contributed by atoms with Crippen LogP contribution in [0, 0.1) is 0 Å². The van der Waals surface area contributed by atoms with Crippen LogP contribution in [0.5, 0.6) is 0 Å². The number of rotatable bonds is 5. The van der Waals surface area contributed by atoms with Crippen LogP contribution < -0.4 is 11.1 Å². The molecule has 1 aromatic rings. The van der Waals surface area contributed by atoms with Gasteiger partial charge in [-0.1, -0.05) is 5.21 Å². The molecule has 1 atom stereocenters. The third-order valence-corrected chi connectivity index (χ3v) is 2.04. The number of carbonyl (C=O) groups excluding carboxylic acids is 1. The number of nitrogens with two attached hydrogens (primary N) is 1. The Balaban J connectivity index is 2.53. The van der Waals surface area contributed by atoms with E-state index < -0.39 is 24.5 Å². The predicted octanol–water partition coefficient (Wildman–Crippen LogP) is 0.307. The van der Waals surface area contributed by atoms with Crippen molar-refractivity contribution < 1.29 is 18.0 Å². The molecule has 0 fully saturated rings. The summed E-state index contributed by atoms with van der Waals surface area (Å²) in [5.41, 5.74) is 5.25. The third-order valence-electron chi connectivity index (χ3n) is 2.04. The van der Waals surface area contributed by atoms with Gasteiger partial charge >= 0.3 is 6.18 Å². The molecule has 0 spiro atoms. The third kappa shape index (κ3) is 4.70. The Morgan fingerprint density at radius 1 is 1.61 bits per heavy atom. The van der Waals surface area contributed by atoms with Crippen LogP contribution in [0.1, 0.15) is 23.8 Å². The molecule has 0 bridgehead atoms. The van der Waals surface area contributed by atoms with Crippen LogP contribution in [0.25, 0.3) is 0 Å². The molecule has 6 nitrogen and oxygen atoms in total. The maximum absolute atomic E-state index is 12.1. The van der Waals surface area contributed by atoms with Gasteiger partial charge in [0.05, 0.1) is 19.2 Å². The first kappa shape index (κ1) is 14.4. The van der Waals surface area contributed by atoms with Gasteiger partial charge in [0.1, 0.15) is 0 Å². The minimum absolute atomic E-state index is 0.0301. The molecule has 0 radical (unpaired) electrons. The lowest BCUT2D eigenvalue weighted by molar-refractivity contribution is -0.138. The van der Waals surface area contributed by atoms with E-state index in [1.165, 1.54) is 17.8 Å². The molecule has 1 unspecified atom stereocenters. The Morgan fingerprint density at radius 3 is 2.83 bits per heavy atom. The van der Waals surface area contributed by atoms with E-state index in [-0.39, 0.29) is 5.69 Å². The Bertz CT molecular complexity index is 403. The largest absolute Gasteiger partial charge is 0.391 e. The Labute approximate surface area is 101 Å². The zero-order chi connectivity index (χ0) is 13.8. The Morgan fingerprint density at radius 2 is 2.28 bits per heavy atom. The first-order chi connectivity index (χ1) is 8.31. The minimum atomic E-state index is -4.32. The number of nitrogens with one attached hydrogen (secondary N) is 1. The number of carbonyl (C=O) groups is 1. The maximum atomic E-state index is 12.1. The molecule has 1 amide bonds. The minimum Gasteiger partial charge on any atom is -0.348 e. The molecule has 1 rings (SSSR count). The fourth-order valence-electron chi connectivity index (χ4n) is 1.34. The van der Waals surface area contributed by atoms with Gasteiger partial charge in [0.2, 0.25) is 0 Å². The quantitative estimate of drug-likeness (QED) is 0.802. The Kier molecular flexibility index (Phi) is 4.65. The van der Waals surface area contributed by atoms with Crippen LogP contribution in [0.2, 0.25) is 0 Å². The average molecular weight is 265 g/mol. The topological polar surface area (TPSA) is 85.8 Å². The Hall–Kier alpha value is -1.64. The van der Waals surface area contributed by atoms with Crippen LogP contribution >= 0.6 is 0 Å². The molecule has 102 valence electrons. The number of aromatic nitrogens is 3. The van der Waals surface area contributed by atoms with Gasteiger partial charge in [-0.3, -0.25) is 9.48 Å². The van der Waals surface area contributed by atoms with Crippen molar-refractivity contribution in [3.63, 3.8) is 0 Å². The van der Waals surface area contributed by atoms with Crippen molar-refractivity contribution in [1.82, 2.24) is 20.3 Å². The van der Waals surface area contributed by atoms with Gasteiger partial charge in [-0.05, 0) is 6.92 Å². The highest BCUT2D eigenvalue weighted by atomic mass is 19.4. The highest BCUT2D eigenvalue weighted by Gasteiger charge is 2.30. The van der Waals surface area contributed by atoms with Crippen molar-refractivity contribution in [2.24, 2.45) is 5.73 Å². The highest BCUT2D eigenvalue weighted by molar-refractivity contribution is 5.92. The van der Waals surface area contributed by atoms with E-state index in [4.69, 9.17) is 5.73 Å². The summed E-state index contributed by atoms with van der Waals surface area (Å²) in [6.45, 7) is 1.99. The summed E-state index contributed by atoms with van der Waals surface area (Å²) in [6, 6.07) is -1.02. The molecule has 18 heavy (non-hydrogen) atoms. The lowest BCUT2D eigenvalue weighted by Crippen LogP contribution is -2.36. The van der Waals surface area contributed by atoms with Crippen LogP contribution in [-0.4, -0.2) is 39.7 Å². The second-order valence-electron chi connectivity index (χ2n) is 3.85. The molecule has 0 aromatic carbocycles. The molecule has 0 saturated heterocycles. The zero-order valence-corrected chi connectivity index (χ0v) is 9.74. The van der Waals surface area contributed by atoms with Gasteiger partial charge in [-0.15, -0.1) is 5.10 Å². The fourth-order valence-corrected chi connectivity index (χ4v) is 1.34. The number of amides is 1. The van der Waals surface area contributed by atoms with Gasteiger partial charge in [0, 0.05) is 12.6 Å². The number of hydrogen-bond donors (Lipinski definition) is 2. The van der Waals surface area contributed by atoms with Gasteiger partial charge in [0.15, 0.2) is 5.69 Å². The van der Waals surface area contributed by atoms with Crippen LogP contribution in [-0.2, 0) is 6.54 Å². The van der Waals surface area contributed by atoms with Crippen LogP contribution in [0.4, 0.5) is 13.2 Å². The molecule has 9 heteroatoms. The summed E-state index contributed by atoms with van der Waals surface area (Å²) in [5, 5.41) is 9.36. The lowest BCUT2D eigenvalue weighted by atomic mass is 10.2. The molecule has 0 aliphatic carbocycles. The highest BCUT2D eigenvalue weighted by Crippen LogP contribution is 2.21. The monoisotopic (exact) mass is 265 g/mol. The number of halogens is 3. The molecule has 0 aliphatic heterocycles. The van der Waals surface area contributed by atoms with Gasteiger partial charge < -0.3 is 11.1 Å². The number of alkyl halides is 3. The first-order valence-corrected chi connectivity index (χ1v) is 5.29. The van der Waals surface area contributed by atoms with E-state index >= 15 is 0 Å². The van der Waals surface area contributed by atoms with E-state index in [0.29, 0.717) is 13.1 Å². The number of nitrogens with zero attached hydrogens (tertiary/aromatic N) is 3. The van der Waals surface area contributed by atoms with Crippen molar-refractivity contribution in [3.8, 4) is 0 Å². The van der Waals surface area contributed by atoms with E-state index in [1.807, 2.05) is 0 Å². The van der Waals surface area contributed by atoms with Gasteiger partial charge in [-0.2, -0.15) is 13.2 Å².